The first-order valence-corrected chi connectivity index (χ1v) is 6.82. The molecule has 0 amide bonds. The van der Waals surface area contributed by atoms with E-state index in [0.29, 0.717) is 6.04 Å². The molecule has 0 bridgehead atoms. The highest BCUT2D eigenvalue weighted by atomic mass is 35.7. The van der Waals surface area contributed by atoms with Crippen LogP contribution in [0.3, 0.4) is 0 Å². The van der Waals surface area contributed by atoms with Gasteiger partial charge in [0, 0.05) is 13.2 Å². The summed E-state index contributed by atoms with van der Waals surface area (Å²) in [5.41, 5.74) is 0. The minimum atomic E-state index is -2.36. The van der Waals surface area contributed by atoms with Gasteiger partial charge in [-0.1, -0.05) is 0 Å². The predicted octanol–water partition coefficient (Wildman–Crippen LogP) is 1.45. The first kappa shape index (κ1) is 7.82. The monoisotopic (exact) mass is 186 g/mol. The Morgan fingerprint density at radius 1 is 1.78 bits per heavy atom. The van der Waals surface area contributed by atoms with Crippen molar-refractivity contribution >= 4 is 29.1 Å². The van der Waals surface area contributed by atoms with Gasteiger partial charge < -0.3 is 9.16 Å². The van der Waals surface area contributed by atoms with Crippen molar-refractivity contribution in [1.82, 2.24) is 0 Å². The van der Waals surface area contributed by atoms with E-state index in [1.165, 1.54) is 7.11 Å². The largest absolute Gasteiger partial charge is 0.396 e. The van der Waals surface area contributed by atoms with Crippen molar-refractivity contribution in [2.45, 2.75) is 12.1 Å². The zero-order valence-electron chi connectivity index (χ0n) is 5.06. The standard InChI is InChI=1S/C4H8Cl2O2Si/c1-7-9(5,6)3-4-2-8-4/h4H,2-3H2,1H3. The van der Waals surface area contributed by atoms with Crippen LogP contribution in [0.25, 0.3) is 0 Å². The molecule has 1 heterocycles. The second-order valence-electron chi connectivity index (χ2n) is 2.00. The molecule has 0 spiro atoms. The molecule has 2 nitrogen and oxygen atoms in total. The molecule has 5 heteroatoms. The molecule has 0 aromatic heterocycles. The molecule has 54 valence electrons. The highest BCUT2D eigenvalue weighted by molar-refractivity contribution is 7.42. The van der Waals surface area contributed by atoms with Gasteiger partial charge in [0.25, 0.3) is 0 Å². The molecule has 0 saturated carbocycles. The van der Waals surface area contributed by atoms with Crippen LogP contribution >= 0.6 is 22.2 Å². The van der Waals surface area contributed by atoms with Crippen molar-refractivity contribution in [2.75, 3.05) is 13.7 Å². The predicted molar refractivity (Wildman–Crippen MR) is 39.0 cm³/mol. The Morgan fingerprint density at radius 2 is 2.33 bits per heavy atom. The summed E-state index contributed by atoms with van der Waals surface area (Å²) in [6.45, 7) is -1.57. The lowest BCUT2D eigenvalue weighted by atomic mass is 10.6. The lowest BCUT2D eigenvalue weighted by molar-refractivity contribution is 0.395. The van der Waals surface area contributed by atoms with E-state index in [4.69, 9.17) is 31.3 Å². The van der Waals surface area contributed by atoms with Crippen LogP contribution < -0.4 is 0 Å². The van der Waals surface area contributed by atoms with Crippen LogP contribution in [0.15, 0.2) is 0 Å². The van der Waals surface area contributed by atoms with Gasteiger partial charge in [-0.05, 0) is 0 Å². The second kappa shape index (κ2) is 2.76. The third kappa shape index (κ3) is 2.86. The number of hydrogen-bond acceptors (Lipinski definition) is 2. The highest BCUT2D eigenvalue weighted by Crippen LogP contribution is 2.28. The molecule has 1 rings (SSSR count). The zero-order valence-corrected chi connectivity index (χ0v) is 7.58. The van der Waals surface area contributed by atoms with E-state index >= 15 is 0 Å². The Bertz CT molecular complexity index is 105. The number of rotatable bonds is 3. The highest BCUT2D eigenvalue weighted by Gasteiger charge is 2.38. The molecule has 1 saturated heterocycles. The van der Waals surface area contributed by atoms with Gasteiger partial charge in [0.05, 0.1) is 12.7 Å². The van der Waals surface area contributed by atoms with Crippen LogP contribution in [-0.2, 0) is 9.16 Å². The van der Waals surface area contributed by atoms with Crippen LogP contribution in [0.5, 0.6) is 0 Å². The SMILES string of the molecule is CO[Si](Cl)(Cl)CC1CO1. The average Bonchev–Trinajstić information content (AvgIpc) is 2.50. The van der Waals surface area contributed by atoms with Crippen LogP contribution in [-0.4, -0.2) is 26.8 Å². The van der Waals surface area contributed by atoms with Crippen LogP contribution in [0.2, 0.25) is 6.04 Å². The quantitative estimate of drug-likeness (QED) is 0.379. The molecule has 9 heavy (non-hydrogen) atoms. The molecular formula is C4H8Cl2O2Si. The minimum Gasteiger partial charge on any atom is -0.396 e. The van der Waals surface area contributed by atoms with Crippen molar-refractivity contribution < 1.29 is 9.16 Å². The zero-order chi connectivity index (χ0) is 6.91. The maximum atomic E-state index is 5.76. The Balaban J connectivity index is 2.21. The molecule has 0 aromatic carbocycles. The summed E-state index contributed by atoms with van der Waals surface area (Å²) >= 11 is 11.5. The summed E-state index contributed by atoms with van der Waals surface area (Å²) < 4.78 is 9.81. The number of hydrogen-bond donors (Lipinski definition) is 0. The van der Waals surface area contributed by atoms with Crippen LogP contribution in [0, 0.1) is 0 Å². The molecule has 0 N–H and O–H groups in total. The fraction of sp³-hybridized carbons (Fsp3) is 1.00. The van der Waals surface area contributed by atoms with Gasteiger partial charge in [-0.3, -0.25) is 0 Å². The number of halogens is 2. The van der Waals surface area contributed by atoms with E-state index in [1.807, 2.05) is 0 Å². The van der Waals surface area contributed by atoms with E-state index in [0.717, 1.165) is 6.61 Å². The third-order valence-corrected chi connectivity index (χ3v) is 4.55. The normalized spacial score (nSPS) is 26.3. The van der Waals surface area contributed by atoms with Gasteiger partial charge in [0.15, 0.2) is 0 Å². The number of epoxide rings is 1. The van der Waals surface area contributed by atoms with E-state index in [2.05, 4.69) is 0 Å². The maximum absolute atomic E-state index is 5.76. The topological polar surface area (TPSA) is 21.8 Å². The molecule has 1 fully saturated rings. The molecule has 1 aliphatic heterocycles. The molecule has 0 radical (unpaired) electrons. The Labute approximate surface area is 64.6 Å². The Morgan fingerprint density at radius 3 is 2.67 bits per heavy atom. The van der Waals surface area contributed by atoms with Crippen molar-refractivity contribution in [2.24, 2.45) is 0 Å². The van der Waals surface area contributed by atoms with Gasteiger partial charge in [0.1, 0.15) is 0 Å². The van der Waals surface area contributed by atoms with E-state index in [9.17, 15) is 0 Å². The Kier molecular flexibility index (Phi) is 2.40. The smallest absolute Gasteiger partial charge is 0.391 e. The molecule has 0 aromatic rings. The molecule has 1 atom stereocenters. The van der Waals surface area contributed by atoms with Gasteiger partial charge in [-0.2, -0.15) is 0 Å². The summed E-state index contributed by atoms with van der Waals surface area (Å²) in [7, 11) is 1.54. The first-order valence-electron chi connectivity index (χ1n) is 2.68. The van der Waals surface area contributed by atoms with E-state index in [1.54, 1.807) is 0 Å². The molecule has 0 aliphatic carbocycles. The van der Waals surface area contributed by atoms with Gasteiger partial charge in [0.2, 0.25) is 0 Å². The summed E-state index contributed by atoms with van der Waals surface area (Å²) in [6.07, 6.45) is 0.270. The van der Waals surface area contributed by atoms with Crippen molar-refractivity contribution in [1.29, 1.82) is 0 Å². The fourth-order valence-electron chi connectivity index (χ4n) is 0.534. The van der Waals surface area contributed by atoms with Crippen molar-refractivity contribution in [3.05, 3.63) is 0 Å². The fourth-order valence-corrected chi connectivity index (χ4v) is 2.50. The summed E-state index contributed by atoms with van der Waals surface area (Å²) in [5, 5.41) is 0. The summed E-state index contributed by atoms with van der Waals surface area (Å²) in [5.74, 6) is 0. The van der Waals surface area contributed by atoms with Crippen LogP contribution in [0.4, 0.5) is 0 Å². The van der Waals surface area contributed by atoms with E-state index in [-0.39, 0.29) is 6.10 Å². The third-order valence-electron chi connectivity index (χ3n) is 1.17. The van der Waals surface area contributed by atoms with Gasteiger partial charge >= 0.3 is 6.94 Å². The molecule has 1 unspecified atom stereocenters. The summed E-state index contributed by atoms with van der Waals surface area (Å²) in [4.78, 5) is 0. The lowest BCUT2D eigenvalue weighted by Gasteiger charge is -2.10. The van der Waals surface area contributed by atoms with Gasteiger partial charge in [-0.25, -0.2) is 0 Å². The molecular weight excluding hydrogens is 179 g/mol. The van der Waals surface area contributed by atoms with Gasteiger partial charge in [-0.15, -0.1) is 22.2 Å². The number of ether oxygens (including phenoxy) is 1. The average molecular weight is 187 g/mol. The van der Waals surface area contributed by atoms with Crippen molar-refractivity contribution in [3.63, 3.8) is 0 Å². The first-order chi connectivity index (χ1) is 4.14. The lowest BCUT2D eigenvalue weighted by Crippen LogP contribution is -2.24. The van der Waals surface area contributed by atoms with Crippen LogP contribution in [0.1, 0.15) is 0 Å². The molecule has 1 aliphatic rings. The minimum absolute atomic E-state index is 0.270. The second-order valence-corrected chi connectivity index (χ2v) is 8.34. The van der Waals surface area contributed by atoms with E-state index < -0.39 is 6.94 Å². The summed E-state index contributed by atoms with van der Waals surface area (Å²) in [6, 6.07) is 0.687. The maximum Gasteiger partial charge on any atom is 0.391 e. The Hall–Kier alpha value is 0.717. The van der Waals surface area contributed by atoms with Crippen molar-refractivity contribution in [3.8, 4) is 0 Å².